The van der Waals surface area contributed by atoms with E-state index in [1.165, 1.54) is 0 Å². The first-order valence-corrected chi connectivity index (χ1v) is 4.26. The van der Waals surface area contributed by atoms with E-state index in [-0.39, 0.29) is 0 Å². The minimum atomic E-state index is -0.803. The van der Waals surface area contributed by atoms with Crippen LogP contribution >= 0.6 is 0 Å². The Hall–Kier alpha value is -0.830. The lowest BCUT2D eigenvalue weighted by atomic mass is 10.0. The molecule has 0 bridgehead atoms. The highest BCUT2D eigenvalue weighted by Gasteiger charge is 2.10. The van der Waals surface area contributed by atoms with Crippen molar-refractivity contribution in [2.45, 2.75) is 26.7 Å². The zero-order valence-electron chi connectivity index (χ0n) is 7.98. The molecular formula is C9H17NO2. The molecule has 0 spiro atoms. The van der Waals surface area contributed by atoms with E-state index in [0.29, 0.717) is 12.1 Å². The van der Waals surface area contributed by atoms with E-state index in [1.807, 2.05) is 13.8 Å². The van der Waals surface area contributed by atoms with E-state index in [4.69, 9.17) is 5.11 Å². The van der Waals surface area contributed by atoms with Crippen molar-refractivity contribution in [1.29, 1.82) is 0 Å². The van der Waals surface area contributed by atoms with Crippen molar-refractivity contribution in [2.24, 2.45) is 0 Å². The molecule has 0 aliphatic heterocycles. The van der Waals surface area contributed by atoms with Gasteiger partial charge in [-0.05, 0) is 19.9 Å². The van der Waals surface area contributed by atoms with E-state index in [1.54, 1.807) is 7.05 Å². The van der Waals surface area contributed by atoms with Crippen LogP contribution in [0.2, 0.25) is 0 Å². The van der Waals surface area contributed by atoms with Crippen molar-refractivity contribution < 1.29 is 9.90 Å². The number of aliphatic carboxylic acids is 1. The van der Waals surface area contributed by atoms with Crippen molar-refractivity contribution in [2.75, 3.05) is 13.6 Å². The molecule has 0 rings (SSSR count). The molecule has 0 saturated carbocycles. The molecule has 0 atom stereocenters. The molecule has 0 heterocycles. The largest absolute Gasteiger partial charge is 0.478 e. The third-order valence-electron chi connectivity index (χ3n) is 1.89. The number of allylic oxidation sites excluding steroid dienone is 1. The van der Waals surface area contributed by atoms with Crippen LogP contribution < -0.4 is 5.32 Å². The topological polar surface area (TPSA) is 49.3 Å². The monoisotopic (exact) mass is 171 g/mol. The number of carboxylic acid groups (broad SMARTS) is 1. The Balaban J connectivity index is 4.63. The SMILES string of the molecule is CCC(CC)=C(CNC)C(=O)O. The number of hydrogen-bond donors (Lipinski definition) is 2. The highest BCUT2D eigenvalue weighted by Crippen LogP contribution is 2.12. The van der Waals surface area contributed by atoms with E-state index >= 15 is 0 Å². The molecule has 0 aliphatic carbocycles. The summed E-state index contributed by atoms with van der Waals surface area (Å²) in [5.74, 6) is -0.803. The van der Waals surface area contributed by atoms with Crippen LogP contribution in [0.3, 0.4) is 0 Å². The molecule has 70 valence electrons. The summed E-state index contributed by atoms with van der Waals surface area (Å²) in [7, 11) is 1.76. The average molecular weight is 171 g/mol. The van der Waals surface area contributed by atoms with Crippen LogP contribution in [-0.2, 0) is 4.79 Å². The summed E-state index contributed by atoms with van der Waals surface area (Å²) >= 11 is 0. The number of carboxylic acids is 1. The molecular weight excluding hydrogens is 154 g/mol. The Morgan fingerprint density at radius 3 is 2.08 bits per heavy atom. The van der Waals surface area contributed by atoms with Gasteiger partial charge in [0.2, 0.25) is 0 Å². The molecule has 3 nitrogen and oxygen atoms in total. The lowest BCUT2D eigenvalue weighted by Gasteiger charge is -2.07. The molecule has 0 amide bonds. The minimum absolute atomic E-state index is 0.451. The maximum absolute atomic E-state index is 10.8. The molecule has 2 N–H and O–H groups in total. The van der Waals surface area contributed by atoms with Crippen molar-refractivity contribution in [1.82, 2.24) is 5.32 Å². The fraction of sp³-hybridized carbons (Fsp3) is 0.667. The van der Waals surface area contributed by atoms with Gasteiger partial charge in [0.25, 0.3) is 0 Å². The van der Waals surface area contributed by atoms with Crippen molar-refractivity contribution in [3.05, 3.63) is 11.1 Å². The maximum Gasteiger partial charge on any atom is 0.332 e. The van der Waals surface area contributed by atoms with Gasteiger partial charge in [-0.15, -0.1) is 0 Å². The van der Waals surface area contributed by atoms with Gasteiger partial charge in [0.05, 0.1) is 0 Å². The number of hydrogen-bond acceptors (Lipinski definition) is 2. The highest BCUT2D eigenvalue weighted by atomic mass is 16.4. The normalized spacial score (nSPS) is 9.58. The van der Waals surface area contributed by atoms with Crippen LogP contribution in [0.4, 0.5) is 0 Å². The predicted octanol–water partition coefficient (Wildman–Crippen LogP) is 1.41. The van der Waals surface area contributed by atoms with E-state index < -0.39 is 5.97 Å². The second kappa shape index (κ2) is 5.77. The van der Waals surface area contributed by atoms with E-state index in [0.717, 1.165) is 18.4 Å². The molecule has 0 radical (unpaired) electrons. The predicted molar refractivity (Wildman–Crippen MR) is 49.2 cm³/mol. The molecule has 0 unspecified atom stereocenters. The van der Waals surface area contributed by atoms with Gasteiger partial charge >= 0.3 is 5.97 Å². The van der Waals surface area contributed by atoms with Crippen molar-refractivity contribution in [3.63, 3.8) is 0 Å². The first-order chi connectivity index (χ1) is 5.67. The first kappa shape index (κ1) is 11.2. The lowest BCUT2D eigenvalue weighted by Crippen LogP contribution is -2.18. The second-order valence-corrected chi connectivity index (χ2v) is 2.62. The fourth-order valence-electron chi connectivity index (χ4n) is 1.21. The van der Waals surface area contributed by atoms with Gasteiger partial charge in [0.1, 0.15) is 0 Å². The quantitative estimate of drug-likeness (QED) is 0.615. The highest BCUT2D eigenvalue weighted by molar-refractivity contribution is 5.88. The number of carbonyl (C=O) groups is 1. The zero-order valence-corrected chi connectivity index (χ0v) is 7.98. The summed E-state index contributed by atoms with van der Waals surface area (Å²) in [6.07, 6.45) is 1.64. The summed E-state index contributed by atoms with van der Waals surface area (Å²) in [6, 6.07) is 0. The minimum Gasteiger partial charge on any atom is -0.478 e. The molecule has 0 aromatic rings. The Bertz CT molecular complexity index is 179. The molecule has 0 aliphatic rings. The molecule has 0 saturated heterocycles. The Morgan fingerprint density at radius 1 is 1.33 bits per heavy atom. The number of rotatable bonds is 5. The van der Waals surface area contributed by atoms with Gasteiger partial charge in [0.15, 0.2) is 0 Å². The number of nitrogens with one attached hydrogen (secondary N) is 1. The Morgan fingerprint density at radius 2 is 1.83 bits per heavy atom. The fourth-order valence-corrected chi connectivity index (χ4v) is 1.21. The van der Waals surface area contributed by atoms with Crippen LogP contribution in [0.25, 0.3) is 0 Å². The first-order valence-electron chi connectivity index (χ1n) is 4.26. The van der Waals surface area contributed by atoms with Crippen LogP contribution in [0, 0.1) is 0 Å². The van der Waals surface area contributed by atoms with E-state index in [9.17, 15) is 4.79 Å². The van der Waals surface area contributed by atoms with Crippen LogP contribution in [0.5, 0.6) is 0 Å². The van der Waals surface area contributed by atoms with Gasteiger partial charge in [0, 0.05) is 12.1 Å². The summed E-state index contributed by atoms with van der Waals surface area (Å²) < 4.78 is 0. The van der Waals surface area contributed by atoms with Gasteiger partial charge in [-0.3, -0.25) is 0 Å². The van der Waals surface area contributed by atoms with Crippen molar-refractivity contribution >= 4 is 5.97 Å². The smallest absolute Gasteiger partial charge is 0.332 e. The van der Waals surface area contributed by atoms with Crippen molar-refractivity contribution in [3.8, 4) is 0 Å². The average Bonchev–Trinajstić information content (AvgIpc) is 2.05. The third-order valence-corrected chi connectivity index (χ3v) is 1.89. The third kappa shape index (κ3) is 3.05. The lowest BCUT2D eigenvalue weighted by molar-refractivity contribution is -0.132. The molecule has 3 heteroatoms. The summed E-state index contributed by atoms with van der Waals surface area (Å²) in [6.45, 7) is 4.42. The molecule has 0 aromatic carbocycles. The molecule has 0 fully saturated rings. The van der Waals surface area contributed by atoms with E-state index in [2.05, 4.69) is 5.32 Å². The molecule has 0 aromatic heterocycles. The van der Waals surface area contributed by atoms with Gasteiger partial charge in [-0.1, -0.05) is 19.4 Å². The Labute approximate surface area is 73.5 Å². The van der Waals surface area contributed by atoms with Crippen LogP contribution in [-0.4, -0.2) is 24.7 Å². The summed E-state index contributed by atoms with van der Waals surface area (Å²) in [5.41, 5.74) is 1.54. The maximum atomic E-state index is 10.8. The van der Waals surface area contributed by atoms with Gasteiger partial charge in [-0.25, -0.2) is 4.79 Å². The molecule has 12 heavy (non-hydrogen) atoms. The summed E-state index contributed by atoms with van der Waals surface area (Å²) in [4.78, 5) is 10.8. The van der Waals surface area contributed by atoms with Gasteiger partial charge in [-0.2, -0.15) is 0 Å². The van der Waals surface area contributed by atoms with Crippen LogP contribution in [0.1, 0.15) is 26.7 Å². The second-order valence-electron chi connectivity index (χ2n) is 2.62. The Kier molecular flexibility index (Phi) is 5.37. The number of likely N-dealkylation sites (N-methyl/N-ethyl adjacent to an activating group) is 1. The van der Waals surface area contributed by atoms with Gasteiger partial charge < -0.3 is 10.4 Å². The summed E-state index contributed by atoms with van der Waals surface area (Å²) in [5, 5.41) is 11.7. The zero-order chi connectivity index (χ0) is 9.56. The van der Waals surface area contributed by atoms with Crippen LogP contribution in [0.15, 0.2) is 11.1 Å². The standard InChI is InChI=1S/C9H17NO2/c1-4-7(5-2)8(6-10-3)9(11)12/h10H,4-6H2,1-3H3,(H,11,12).